The zero-order chi connectivity index (χ0) is 15.9. The third kappa shape index (κ3) is 4.29. The van der Waals surface area contributed by atoms with Crippen LogP contribution in [0.4, 0.5) is 0 Å². The molecule has 116 valence electrons. The average Bonchev–Trinajstić information content (AvgIpc) is 2.56. The van der Waals surface area contributed by atoms with Crippen molar-refractivity contribution in [2.45, 2.75) is 73.0 Å². The average molecular weight is 326 g/mol. The minimum atomic E-state index is -1.48. The van der Waals surface area contributed by atoms with Gasteiger partial charge in [-0.2, -0.15) is 0 Å². The lowest BCUT2D eigenvalue weighted by Gasteiger charge is -2.36. The monoisotopic (exact) mass is 325 g/mol. The van der Waals surface area contributed by atoms with Crippen molar-refractivity contribution in [3.05, 3.63) is 22.0 Å². The smallest absolute Gasteiger partial charge is 0.141 e. The van der Waals surface area contributed by atoms with Crippen LogP contribution in [0.2, 0.25) is 45.8 Å². The highest BCUT2D eigenvalue weighted by Gasteiger charge is 2.38. The molecule has 0 saturated carbocycles. The predicted octanol–water partition coefficient (Wildman–Crippen LogP) is 4.85. The molecule has 0 spiro atoms. The van der Waals surface area contributed by atoms with Crippen LogP contribution in [0.25, 0.3) is 0 Å². The summed E-state index contributed by atoms with van der Waals surface area (Å²) in [4.78, 5) is 0. The molecule has 0 atom stereocenters. The molecule has 0 bridgehead atoms. The maximum atomic E-state index is 4.10. The molecular weight excluding hydrogens is 290 g/mol. The van der Waals surface area contributed by atoms with E-state index in [4.69, 9.17) is 0 Å². The van der Waals surface area contributed by atoms with Gasteiger partial charge in [0.25, 0.3) is 0 Å². The van der Waals surface area contributed by atoms with Gasteiger partial charge in [0.15, 0.2) is 0 Å². The predicted molar refractivity (Wildman–Crippen MR) is 102 cm³/mol. The summed E-state index contributed by atoms with van der Waals surface area (Å²) in [7, 11) is -3.49. The summed E-state index contributed by atoms with van der Waals surface area (Å²) in [5.74, 6) is 0. The van der Waals surface area contributed by atoms with Gasteiger partial charge in [-0.25, -0.2) is 0 Å². The van der Waals surface area contributed by atoms with E-state index < -0.39 is 25.3 Å². The van der Waals surface area contributed by atoms with Crippen LogP contribution in [0, 0.1) is 5.41 Å². The van der Waals surface area contributed by atoms with Crippen LogP contribution in [-0.4, -0.2) is 25.3 Å². The molecule has 0 fully saturated rings. The molecule has 1 aliphatic carbocycles. The van der Waals surface area contributed by atoms with Gasteiger partial charge in [-0.3, -0.25) is 0 Å². The van der Waals surface area contributed by atoms with Crippen LogP contribution in [0.3, 0.4) is 0 Å². The van der Waals surface area contributed by atoms with Gasteiger partial charge in [0.05, 0.1) is 8.80 Å². The van der Waals surface area contributed by atoms with Crippen LogP contribution >= 0.6 is 0 Å². The van der Waals surface area contributed by atoms with Crippen LogP contribution in [0.15, 0.2) is 22.0 Å². The van der Waals surface area contributed by atoms with Gasteiger partial charge in [-0.05, 0) is 17.4 Å². The van der Waals surface area contributed by atoms with Crippen molar-refractivity contribution in [2.75, 3.05) is 0 Å². The molecule has 0 aromatic rings. The molecule has 1 nitrogen and oxygen atoms in total. The minimum Gasteiger partial charge on any atom is -0.356 e. The molecule has 1 aliphatic rings. The van der Waals surface area contributed by atoms with E-state index in [1.165, 1.54) is 6.42 Å². The van der Waals surface area contributed by atoms with Gasteiger partial charge in [-0.1, -0.05) is 83.1 Å². The molecule has 0 radical (unpaired) electrons. The highest BCUT2D eigenvalue weighted by molar-refractivity contribution is 6.95. The maximum Gasteiger partial charge on any atom is 0.141 e. The Labute approximate surface area is 130 Å². The zero-order valence-electron chi connectivity index (χ0n) is 15.4. The van der Waals surface area contributed by atoms with E-state index >= 15 is 0 Å². The highest BCUT2D eigenvalue weighted by atomic mass is 28.4. The van der Waals surface area contributed by atoms with Crippen molar-refractivity contribution in [1.82, 2.24) is 4.65 Å². The van der Waals surface area contributed by atoms with Gasteiger partial charge >= 0.3 is 0 Å². The van der Waals surface area contributed by atoms with Gasteiger partial charge in [0.1, 0.15) is 16.5 Å². The Morgan fingerprint density at radius 1 is 1.05 bits per heavy atom. The summed E-state index contributed by atoms with van der Waals surface area (Å²) < 4.78 is 4.10. The lowest BCUT2D eigenvalue weighted by Crippen LogP contribution is -2.59. The second kappa shape index (κ2) is 5.71. The van der Waals surface area contributed by atoms with Gasteiger partial charge in [-0.15, -0.1) is 0 Å². The van der Waals surface area contributed by atoms with Crippen LogP contribution in [0.5, 0.6) is 0 Å². The first-order valence-corrected chi connectivity index (χ1v) is 17.4. The first kappa shape index (κ1) is 18.1. The Morgan fingerprint density at radius 3 is 1.90 bits per heavy atom. The van der Waals surface area contributed by atoms with Crippen molar-refractivity contribution in [3.63, 3.8) is 0 Å². The van der Waals surface area contributed by atoms with Crippen LogP contribution in [0.1, 0.15) is 27.2 Å². The fraction of sp³-hybridized carbons (Fsp3) is 0.750. The van der Waals surface area contributed by atoms with E-state index in [9.17, 15) is 0 Å². The lowest BCUT2D eigenvalue weighted by atomic mass is 9.87. The Kier molecular flexibility index (Phi) is 5.18. The van der Waals surface area contributed by atoms with E-state index in [2.05, 4.69) is 77.3 Å². The van der Waals surface area contributed by atoms with Crippen molar-refractivity contribution < 1.29 is 0 Å². The van der Waals surface area contributed by atoms with Crippen LogP contribution < -0.4 is 4.65 Å². The van der Waals surface area contributed by atoms with E-state index in [1.807, 2.05) is 5.20 Å². The summed E-state index contributed by atoms with van der Waals surface area (Å²) >= 11 is 0. The standard InChI is InChI=1S/C16H35NSi3/c1-16(2,3)13-11-12-14(15(13)18(4)5)20(9,10)17-19(6,7)8/h11,17-18H,12H2,1-10H3. The molecule has 1 N–H and O–H groups in total. The summed E-state index contributed by atoms with van der Waals surface area (Å²) in [6.07, 6.45) is 3.75. The minimum absolute atomic E-state index is 0.304. The molecule has 0 aliphatic heterocycles. The topological polar surface area (TPSA) is 12.0 Å². The number of hydrogen-bond acceptors (Lipinski definition) is 1. The molecule has 1 rings (SSSR count). The molecule has 0 aromatic carbocycles. The van der Waals surface area contributed by atoms with Gasteiger partial charge < -0.3 is 4.65 Å². The first-order chi connectivity index (χ1) is 8.76. The second-order valence-corrected chi connectivity index (χ2v) is 21.4. The maximum absolute atomic E-state index is 4.10. The Balaban J connectivity index is 3.25. The molecule has 0 aromatic heterocycles. The largest absolute Gasteiger partial charge is 0.356 e. The Bertz CT molecular complexity index is 432. The number of allylic oxidation sites excluding steroid dienone is 4. The van der Waals surface area contributed by atoms with E-state index in [0.29, 0.717) is 5.41 Å². The Hall–Kier alpha value is 0.0906. The van der Waals surface area contributed by atoms with Gasteiger partial charge in [0.2, 0.25) is 0 Å². The summed E-state index contributed by atoms with van der Waals surface area (Å²) in [5, 5.41) is 3.62. The summed E-state index contributed by atoms with van der Waals surface area (Å²) in [5.41, 5.74) is 1.96. The van der Waals surface area contributed by atoms with Crippen molar-refractivity contribution in [2.24, 2.45) is 5.41 Å². The number of nitrogens with one attached hydrogen (secondary N) is 1. The Morgan fingerprint density at radius 2 is 1.55 bits per heavy atom. The molecule has 0 unspecified atom stereocenters. The molecule has 0 amide bonds. The summed E-state index contributed by atoms with van der Waals surface area (Å²) in [6.45, 7) is 24.5. The van der Waals surface area contributed by atoms with Gasteiger partial charge in [0, 0.05) is 0 Å². The molecule has 4 heteroatoms. The summed E-state index contributed by atoms with van der Waals surface area (Å²) in [6, 6.07) is 0. The lowest BCUT2D eigenvalue weighted by molar-refractivity contribution is 0.515. The molecular formula is C16H35NSi3. The van der Waals surface area contributed by atoms with Crippen LogP contribution in [-0.2, 0) is 0 Å². The zero-order valence-corrected chi connectivity index (χ0v) is 18.5. The van der Waals surface area contributed by atoms with Crippen molar-refractivity contribution in [3.8, 4) is 0 Å². The van der Waals surface area contributed by atoms with Crippen molar-refractivity contribution in [1.29, 1.82) is 0 Å². The SMILES string of the molecule is C[SiH](C)C1=C([Si](C)(C)N[Si](C)(C)C)CC=C1C(C)(C)C. The van der Waals surface area contributed by atoms with Crippen molar-refractivity contribution >= 4 is 25.3 Å². The molecule has 0 saturated heterocycles. The fourth-order valence-corrected chi connectivity index (χ4v) is 17.0. The second-order valence-electron chi connectivity index (χ2n) is 9.12. The first-order valence-electron chi connectivity index (χ1n) is 7.99. The van der Waals surface area contributed by atoms with E-state index in [1.54, 1.807) is 10.8 Å². The molecule has 0 heterocycles. The molecule has 20 heavy (non-hydrogen) atoms. The normalized spacial score (nSPS) is 18.1. The van der Waals surface area contributed by atoms with E-state index in [0.717, 1.165) is 0 Å². The van der Waals surface area contributed by atoms with E-state index in [-0.39, 0.29) is 0 Å². The fourth-order valence-electron chi connectivity index (χ4n) is 3.56. The third-order valence-electron chi connectivity index (χ3n) is 3.95. The number of rotatable bonds is 4. The highest BCUT2D eigenvalue weighted by Crippen LogP contribution is 2.42. The quantitative estimate of drug-likeness (QED) is 0.728. The third-order valence-corrected chi connectivity index (χ3v) is 13.5. The number of hydrogen-bond donors (Lipinski definition) is 1.